The SMILES string of the molecule is [2H]C([2H])([2H])N1CC[C@]2(C)c3cc(OC)ccc3N(C)[C@H]12. The van der Waals surface area contributed by atoms with Gasteiger partial charge in [0.05, 0.1) is 13.3 Å². The molecule has 17 heavy (non-hydrogen) atoms. The predicted octanol–water partition coefficient (Wildman–Crippen LogP) is 2.06. The molecule has 3 nitrogen and oxygen atoms in total. The molecule has 0 unspecified atom stereocenters. The quantitative estimate of drug-likeness (QED) is 0.741. The molecular formula is C14H20N2O. The standard InChI is InChI=1S/C14H20N2O/c1-14-7-8-15(2)13(14)16(3)12-6-5-10(17-4)9-11(12)14/h5-6,9,13H,7-8H2,1-4H3/t13-,14+/m0/s1/i2D3. The Kier molecular flexibility index (Phi) is 1.59. The van der Waals surface area contributed by atoms with Crippen molar-refractivity contribution >= 4 is 5.69 Å². The van der Waals surface area contributed by atoms with Gasteiger partial charge >= 0.3 is 0 Å². The van der Waals surface area contributed by atoms with Crippen LogP contribution >= 0.6 is 0 Å². The molecule has 0 radical (unpaired) electrons. The Balaban J connectivity index is 2.09. The van der Waals surface area contributed by atoms with Gasteiger partial charge in [0, 0.05) is 28.8 Å². The van der Waals surface area contributed by atoms with Crippen molar-refractivity contribution in [3.63, 3.8) is 0 Å². The number of fused-ring (bicyclic) bond motifs is 3. The average Bonchev–Trinajstić information content (AvgIpc) is 2.84. The van der Waals surface area contributed by atoms with E-state index >= 15 is 0 Å². The van der Waals surface area contributed by atoms with E-state index in [-0.39, 0.29) is 11.6 Å². The maximum absolute atomic E-state index is 7.75. The first-order valence-electron chi connectivity index (χ1n) is 7.47. The molecule has 2 aliphatic rings. The van der Waals surface area contributed by atoms with E-state index < -0.39 is 6.98 Å². The van der Waals surface area contributed by atoms with Crippen LogP contribution in [0, 0.1) is 0 Å². The van der Waals surface area contributed by atoms with Crippen LogP contribution in [0.15, 0.2) is 18.2 Å². The summed E-state index contributed by atoms with van der Waals surface area (Å²) in [4.78, 5) is 3.73. The van der Waals surface area contributed by atoms with E-state index in [2.05, 4.69) is 17.9 Å². The van der Waals surface area contributed by atoms with E-state index in [0.29, 0.717) is 6.54 Å². The minimum atomic E-state index is -2.05. The fourth-order valence-corrected chi connectivity index (χ4v) is 3.40. The van der Waals surface area contributed by atoms with Crippen LogP contribution in [0.2, 0.25) is 0 Å². The van der Waals surface area contributed by atoms with Gasteiger partial charge in [0.15, 0.2) is 0 Å². The van der Waals surface area contributed by atoms with Gasteiger partial charge in [-0.2, -0.15) is 0 Å². The van der Waals surface area contributed by atoms with E-state index in [1.165, 1.54) is 5.56 Å². The number of hydrogen-bond acceptors (Lipinski definition) is 3. The van der Waals surface area contributed by atoms with Crippen LogP contribution in [0.3, 0.4) is 0 Å². The van der Waals surface area contributed by atoms with E-state index in [0.717, 1.165) is 17.9 Å². The first-order chi connectivity index (χ1) is 9.29. The smallest absolute Gasteiger partial charge is 0.119 e. The lowest BCUT2D eigenvalue weighted by Crippen LogP contribution is -2.45. The largest absolute Gasteiger partial charge is 0.497 e. The molecule has 2 aliphatic heterocycles. The van der Waals surface area contributed by atoms with Crippen molar-refractivity contribution in [1.29, 1.82) is 0 Å². The lowest BCUT2D eigenvalue weighted by Gasteiger charge is -2.32. The summed E-state index contributed by atoms with van der Waals surface area (Å²) in [6, 6.07) is 6.00. The van der Waals surface area contributed by atoms with Crippen molar-refractivity contribution in [2.45, 2.75) is 24.9 Å². The van der Waals surface area contributed by atoms with E-state index in [9.17, 15) is 0 Å². The zero-order valence-corrected chi connectivity index (χ0v) is 10.5. The molecule has 1 saturated heterocycles. The molecule has 1 aromatic carbocycles. The molecule has 1 fully saturated rings. The van der Waals surface area contributed by atoms with Gasteiger partial charge in [-0.25, -0.2) is 0 Å². The molecule has 0 aromatic heterocycles. The second-order valence-corrected chi connectivity index (χ2v) is 5.23. The molecule has 2 atom stereocenters. The highest BCUT2D eigenvalue weighted by Crippen LogP contribution is 2.51. The van der Waals surface area contributed by atoms with Crippen molar-refractivity contribution in [2.24, 2.45) is 0 Å². The Hall–Kier alpha value is -1.22. The van der Waals surface area contributed by atoms with Gasteiger partial charge < -0.3 is 9.64 Å². The first-order valence-corrected chi connectivity index (χ1v) is 5.97. The topological polar surface area (TPSA) is 15.7 Å². The summed E-state index contributed by atoms with van der Waals surface area (Å²) < 4.78 is 28.6. The van der Waals surface area contributed by atoms with Crippen LogP contribution in [-0.2, 0) is 5.41 Å². The van der Waals surface area contributed by atoms with Crippen molar-refractivity contribution in [2.75, 3.05) is 32.6 Å². The number of nitrogens with zero attached hydrogens (tertiary/aromatic N) is 2. The van der Waals surface area contributed by atoms with Crippen LogP contribution in [0.25, 0.3) is 0 Å². The molecular weight excluding hydrogens is 212 g/mol. The van der Waals surface area contributed by atoms with Gasteiger partial charge in [-0.15, -0.1) is 0 Å². The molecule has 1 aromatic rings. The molecule has 0 spiro atoms. The van der Waals surface area contributed by atoms with Crippen LogP contribution < -0.4 is 9.64 Å². The number of anilines is 1. The van der Waals surface area contributed by atoms with Gasteiger partial charge in [0.1, 0.15) is 5.75 Å². The molecule has 2 heterocycles. The van der Waals surface area contributed by atoms with E-state index in [1.807, 2.05) is 19.2 Å². The highest BCUT2D eigenvalue weighted by Gasteiger charge is 2.52. The van der Waals surface area contributed by atoms with E-state index in [4.69, 9.17) is 8.85 Å². The molecule has 0 saturated carbocycles. The molecule has 0 bridgehead atoms. The second-order valence-electron chi connectivity index (χ2n) is 5.23. The molecule has 3 heteroatoms. The Morgan fingerprint density at radius 2 is 2.35 bits per heavy atom. The highest BCUT2D eigenvalue weighted by molar-refractivity contribution is 5.66. The average molecular weight is 235 g/mol. The number of methoxy groups -OCH3 is 1. The van der Waals surface area contributed by atoms with Crippen molar-refractivity contribution in [3.8, 4) is 5.75 Å². The summed E-state index contributed by atoms with van der Waals surface area (Å²) in [6.07, 6.45) is 0.734. The Morgan fingerprint density at radius 3 is 3.06 bits per heavy atom. The van der Waals surface area contributed by atoms with Gasteiger partial charge in [-0.3, -0.25) is 4.90 Å². The Morgan fingerprint density at radius 1 is 1.53 bits per heavy atom. The van der Waals surface area contributed by atoms with Gasteiger partial charge in [-0.05, 0) is 37.2 Å². The summed E-state index contributed by atoms with van der Waals surface area (Å²) >= 11 is 0. The maximum Gasteiger partial charge on any atom is 0.119 e. The summed E-state index contributed by atoms with van der Waals surface area (Å²) in [7, 11) is 3.63. The maximum atomic E-state index is 7.75. The first kappa shape index (κ1) is 7.98. The Bertz CT molecular complexity index is 546. The fourth-order valence-electron chi connectivity index (χ4n) is 3.40. The van der Waals surface area contributed by atoms with Crippen molar-refractivity contribution in [1.82, 2.24) is 4.90 Å². The molecule has 92 valence electrons. The van der Waals surface area contributed by atoms with Crippen LogP contribution in [0.5, 0.6) is 5.75 Å². The lowest BCUT2D eigenvalue weighted by molar-refractivity contribution is 0.268. The monoisotopic (exact) mass is 235 g/mol. The fraction of sp³-hybridized carbons (Fsp3) is 0.571. The second kappa shape index (κ2) is 3.39. The number of ether oxygens (including phenoxy) is 1. The van der Waals surface area contributed by atoms with Crippen LogP contribution in [-0.4, -0.2) is 38.7 Å². The predicted molar refractivity (Wildman–Crippen MR) is 69.8 cm³/mol. The Labute approximate surface area is 107 Å². The minimum Gasteiger partial charge on any atom is -0.497 e. The third kappa shape index (κ3) is 1.26. The lowest BCUT2D eigenvalue weighted by atomic mass is 9.81. The summed E-state index contributed by atoms with van der Waals surface area (Å²) in [5, 5.41) is 0. The summed E-state index contributed by atoms with van der Waals surface area (Å²) in [5.41, 5.74) is 2.14. The number of likely N-dealkylation sites (N-methyl/N-ethyl adjacent to an activating group) is 2. The molecule has 0 amide bonds. The van der Waals surface area contributed by atoms with Gasteiger partial charge in [0.25, 0.3) is 0 Å². The van der Waals surface area contributed by atoms with E-state index in [1.54, 1.807) is 12.0 Å². The highest BCUT2D eigenvalue weighted by atomic mass is 16.5. The number of likely N-dealkylation sites (tertiary alicyclic amines) is 1. The zero-order valence-electron chi connectivity index (χ0n) is 13.5. The minimum absolute atomic E-state index is 0.114. The number of hydrogen-bond donors (Lipinski definition) is 0. The van der Waals surface area contributed by atoms with Gasteiger partial charge in [0.2, 0.25) is 0 Å². The number of benzene rings is 1. The normalized spacial score (nSPS) is 34.9. The van der Waals surface area contributed by atoms with Crippen molar-refractivity contribution in [3.05, 3.63) is 23.8 Å². The third-order valence-corrected chi connectivity index (χ3v) is 4.30. The van der Waals surface area contributed by atoms with Crippen molar-refractivity contribution < 1.29 is 8.85 Å². The molecule has 0 N–H and O–H groups in total. The zero-order chi connectivity index (χ0) is 14.7. The third-order valence-electron chi connectivity index (χ3n) is 4.30. The van der Waals surface area contributed by atoms with Gasteiger partial charge in [-0.1, -0.05) is 6.92 Å². The summed E-state index contributed by atoms with van der Waals surface area (Å²) in [5.74, 6) is 0.825. The molecule has 0 aliphatic carbocycles. The number of rotatable bonds is 1. The summed E-state index contributed by atoms with van der Waals surface area (Å²) in [6.45, 7) is 0.701. The van der Waals surface area contributed by atoms with Crippen LogP contribution in [0.1, 0.15) is 23.0 Å². The van der Waals surface area contributed by atoms with Crippen LogP contribution in [0.4, 0.5) is 5.69 Å². The molecule has 3 rings (SSSR count).